The second kappa shape index (κ2) is 10.5. The highest BCUT2D eigenvalue weighted by Gasteiger charge is 2.39. The van der Waals surface area contributed by atoms with E-state index in [9.17, 15) is 14.7 Å². The molecule has 1 atom stereocenters. The molecular weight excluding hydrogens is 554 g/mol. The highest BCUT2D eigenvalue weighted by molar-refractivity contribution is 6.05. The number of para-hydroxylation sites is 1. The van der Waals surface area contributed by atoms with Crippen molar-refractivity contribution in [3.63, 3.8) is 0 Å². The van der Waals surface area contributed by atoms with Crippen LogP contribution in [0.3, 0.4) is 0 Å². The van der Waals surface area contributed by atoms with Crippen molar-refractivity contribution < 1.29 is 18.7 Å². The number of aryl methyl sites for hydroxylation is 1. The Balaban J connectivity index is 1.77. The van der Waals surface area contributed by atoms with Crippen LogP contribution >= 0.6 is 0 Å². The molecule has 0 spiro atoms. The Morgan fingerprint density at radius 2 is 1.86 bits per heavy atom. The standard InChI is InChI=1S/C32H32F2N6O3/c1-6-22(42)38-13-14-39-19(16-38)15-37(5)29-24-30(26(34)23(25(29)33)20-9-7-8-10-21(20)41)40(32(43)36-31(24)39)28-18(4)11-12-35-27(28)17(2)3/h6-12,17,19,41H,1,13-16H2,2-5H3. The molecule has 0 saturated carbocycles. The van der Waals surface area contributed by atoms with Crippen molar-refractivity contribution in [2.24, 2.45) is 0 Å². The number of hydrogen-bond acceptors (Lipinski definition) is 7. The van der Waals surface area contributed by atoms with E-state index in [4.69, 9.17) is 0 Å². The molecule has 222 valence electrons. The number of piperazine rings is 1. The van der Waals surface area contributed by atoms with Crippen molar-refractivity contribution in [1.29, 1.82) is 0 Å². The van der Waals surface area contributed by atoms with Crippen LogP contribution in [-0.4, -0.2) is 69.7 Å². The summed E-state index contributed by atoms with van der Waals surface area (Å²) in [5, 5.41) is 10.9. The maximum Gasteiger partial charge on any atom is 0.354 e. The molecule has 2 aromatic heterocycles. The van der Waals surface area contributed by atoms with E-state index in [0.717, 1.165) is 0 Å². The second-order valence-corrected chi connectivity index (χ2v) is 11.4. The molecule has 2 aliphatic rings. The number of likely N-dealkylation sites (N-methyl/N-ethyl adjacent to an activating group) is 1. The van der Waals surface area contributed by atoms with Gasteiger partial charge < -0.3 is 19.8 Å². The third kappa shape index (κ3) is 4.33. The molecular formula is C32H32F2N6O3. The lowest BCUT2D eigenvalue weighted by Gasteiger charge is -2.41. The Hall–Kier alpha value is -4.80. The molecule has 1 N–H and O–H groups in total. The first kappa shape index (κ1) is 28.3. The van der Waals surface area contributed by atoms with Crippen LogP contribution in [0, 0.1) is 18.6 Å². The van der Waals surface area contributed by atoms with E-state index in [1.54, 1.807) is 48.2 Å². The zero-order valence-corrected chi connectivity index (χ0v) is 24.4. The fourth-order valence-electron chi connectivity index (χ4n) is 6.39. The normalized spacial score (nSPS) is 16.4. The van der Waals surface area contributed by atoms with Gasteiger partial charge in [0.05, 0.1) is 34.1 Å². The fourth-order valence-corrected chi connectivity index (χ4v) is 6.39. The van der Waals surface area contributed by atoms with Crippen LogP contribution in [0.15, 0.2) is 54.0 Å². The van der Waals surface area contributed by atoms with Gasteiger partial charge in [-0.1, -0.05) is 38.6 Å². The summed E-state index contributed by atoms with van der Waals surface area (Å²) in [5.41, 5.74) is 0.272. The van der Waals surface area contributed by atoms with Crippen molar-refractivity contribution in [1.82, 2.24) is 19.4 Å². The van der Waals surface area contributed by atoms with Crippen molar-refractivity contribution >= 4 is 28.3 Å². The predicted octanol–water partition coefficient (Wildman–Crippen LogP) is 4.52. The van der Waals surface area contributed by atoms with Gasteiger partial charge >= 0.3 is 5.69 Å². The molecule has 1 fully saturated rings. The summed E-state index contributed by atoms with van der Waals surface area (Å²) in [4.78, 5) is 40.8. The number of carbonyl (C=O) groups is 1. The highest BCUT2D eigenvalue weighted by Crippen LogP contribution is 2.47. The number of hydrogen-bond donors (Lipinski definition) is 1. The lowest BCUT2D eigenvalue weighted by molar-refractivity contribution is -0.126. The number of fused-ring (bicyclic) bond motifs is 2. The van der Waals surface area contributed by atoms with E-state index in [0.29, 0.717) is 30.0 Å². The predicted molar refractivity (Wildman–Crippen MR) is 162 cm³/mol. The average molecular weight is 587 g/mol. The number of phenols is 1. The molecule has 4 heterocycles. The number of carbonyl (C=O) groups excluding carboxylic acids is 1. The SMILES string of the molecule is C=CC(=O)N1CCN2c3nc(=O)n(-c4c(C)ccnc4C(C)C)c4c(F)c(-c5ccccc5O)c(F)c(c34)N(C)CC2C1. The number of rotatable bonds is 4. The highest BCUT2D eigenvalue weighted by atomic mass is 19.1. The largest absolute Gasteiger partial charge is 0.507 e. The number of benzene rings is 2. The fraction of sp³-hybridized carbons (Fsp3) is 0.312. The topological polar surface area (TPSA) is 94.8 Å². The number of phenolic OH excluding ortho intramolecular Hbond substituents is 1. The number of nitrogens with zero attached hydrogens (tertiary/aromatic N) is 6. The van der Waals surface area contributed by atoms with Crippen LogP contribution in [0.4, 0.5) is 20.3 Å². The first-order valence-corrected chi connectivity index (χ1v) is 14.2. The van der Waals surface area contributed by atoms with Gasteiger partial charge in [0.25, 0.3) is 0 Å². The Kier molecular flexibility index (Phi) is 6.90. The van der Waals surface area contributed by atoms with E-state index < -0.39 is 22.9 Å². The monoisotopic (exact) mass is 586 g/mol. The van der Waals surface area contributed by atoms with Crippen molar-refractivity contribution in [3.05, 3.63) is 82.6 Å². The minimum atomic E-state index is -0.996. The number of amides is 1. The summed E-state index contributed by atoms with van der Waals surface area (Å²) in [6.45, 7) is 10.4. The van der Waals surface area contributed by atoms with E-state index >= 15 is 8.78 Å². The molecule has 11 heteroatoms. The number of halogens is 2. The second-order valence-electron chi connectivity index (χ2n) is 11.4. The van der Waals surface area contributed by atoms with Crippen LogP contribution in [0.1, 0.15) is 31.0 Å². The molecule has 0 bridgehead atoms. The number of aromatic hydroxyl groups is 1. The number of aromatic nitrogens is 3. The quantitative estimate of drug-likeness (QED) is 0.352. The van der Waals surface area contributed by atoms with Crippen molar-refractivity contribution in [3.8, 4) is 22.6 Å². The molecule has 1 saturated heterocycles. The lowest BCUT2D eigenvalue weighted by Crippen LogP contribution is -2.57. The van der Waals surface area contributed by atoms with Gasteiger partial charge in [0.15, 0.2) is 11.6 Å². The van der Waals surface area contributed by atoms with Gasteiger partial charge in [0.2, 0.25) is 5.91 Å². The van der Waals surface area contributed by atoms with Gasteiger partial charge in [0, 0.05) is 45.0 Å². The third-order valence-electron chi connectivity index (χ3n) is 8.37. The van der Waals surface area contributed by atoms with E-state index in [2.05, 4.69) is 16.5 Å². The molecule has 2 aliphatic heterocycles. The number of pyridine rings is 1. The zero-order valence-electron chi connectivity index (χ0n) is 24.4. The van der Waals surface area contributed by atoms with Gasteiger partial charge in [-0.15, -0.1) is 0 Å². The Bertz CT molecular complexity index is 1870. The lowest BCUT2D eigenvalue weighted by atomic mass is 9.98. The molecule has 6 rings (SSSR count). The maximum absolute atomic E-state index is 17.1. The van der Waals surface area contributed by atoms with Gasteiger partial charge in [0.1, 0.15) is 17.1 Å². The zero-order chi connectivity index (χ0) is 30.7. The smallest absolute Gasteiger partial charge is 0.354 e. The Morgan fingerprint density at radius 1 is 1.12 bits per heavy atom. The summed E-state index contributed by atoms with van der Waals surface area (Å²) in [6, 6.07) is 7.31. The summed E-state index contributed by atoms with van der Waals surface area (Å²) < 4.78 is 35.2. The molecule has 2 aromatic carbocycles. The van der Waals surface area contributed by atoms with E-state index in [1.165, 1.54) is 22.8 Å². The Morgan fingerprint density at radius 3 is 2.56 bits per heavy atom. The minimum Gasteiger partial charge on any atom is -0.507 e. The summed E-state index contributed by atoms with van der Waals surface area (Å²) in [7, 11) is 1.69. The van der Waals surface area contributed by atoms with Crippen LogP contribution in [0.5, 0.6) is 5.75 Å². The number of anilines is 2. The minimum absolute atomic E-state index is 0.0434. The van der Waals surface area contributed by atoms with Crippen LogP contribution < -0.4 is 15.5 Å². The molecule has 1 amide bonds. The van der Waals surface area contributed by atoms with Crippen molar-refractivity contribution in [2.75, 3.05) is 43.0 Å². The van der Waals surface area contributed by atoms with Crippen LogP contribution in [0.2, 0.25) is 0 Å². The average Bonchev–Trinajstić information content (AvgIpc) is 3.09. The van der Waals surface area contributed by atoms with E-state index in [-0.39, 0.29) is 64.7 Å². The molecule has 0 radical (unpaired) electrons. The Labute approximate surface area is 247 Å². The van der Waals surface area contributed by atoms with Crippen molar-refractivity contribution in [2.45, 2.75) is 32.7 Å². The van der Waals surface area contributed by atoms with Crippen LogP contribution in [0.25, 0.3) is 27.7 Å². The summed E-state index contributed by atoms with van der Waals surface area (Å²) in [5.74, 6) is -2.39. The molecule has 4 aromatic rings. The molecule has 1 unspecified atom stereocenters. The van der Waals surface area contributed by atoms with Gasteiger partial charge in [-0.25, -0.2) is 13.6 Å². The van der Waals surface area contributed by atoms with Gasteiger partial charge in [-0.2, -0.15) is 4.98 Å². The maximum atomic E-state index is 17.1. The first-order valence-electron chi connectivity index (χ1n) is 14.2. The van der Waals surface area contributed by atoms with Gasteiger partial charge in [-0.05, 0) is 36.6 Å². The molecule has 0 aliphatic carbocycles. The molecule has 43 heavy (non-hydrogen) atoms. The third-order valence-corrected chi connectivity index (χ3v) is 8.37. The molecule has 9 nitrogen and oxygen atoms in total. The summed E-state index contributed by atoms with van der Waals surface area (Å²) in [6.07, 6.45) is 2.88. The van der Waals surface area contributed by atoms with E-state index in [1.807, 2.05) is 18.7 Å². The first-order chi connectivity index (χ1) is 20.5. The summed E-state index contributed by atoms with van der Waals surface area (Å²) >= 11 is 0. The van der Waals surface area contributed by atoms with Crippen LogP contribution in [-0.2, 0) is 4.79 Å². The van der Waals surface area contributed by atoms with Gasteiger partial charge in [-0.3, -0.25) is 14.3 Å².